The first-order valence-electron chi connectivity index (χ1n) is 3.85. The van der Waals surface area contributed by atoms with Crippen molar-refractivity contribution in [3.8, 4) is 0 Å². The van der Waals surface area contributed by atoms with Crippen LogP contribution < -0.4 is 10.5 Å². The third kappa shape index (κ3) is 2.09. The van der Waals surface area contributed by atoms with E-state index in [0.717, 1.165) is 0 Å². The highest BCUT2D eigenvalue weighted by Crippen LogP contribution is 2.10. The molecule has 5 nitrogen and oxygen atoms in total. The Kier molecular flexibility index (Phi) is 2.87. The molecule has 14 heavy (non-hydrogen) atoms. The fraction of sp³-hybridized carbons (Fsp3) is 0.125. The molecule has 1 aromatic carbocycles. The summed E-state index contributed by atoms with van der Waals surface area (Å²) >= 11 is 0. The Bertz CT molecular complexity index is 453. The van der Waals surface area contributed by atoms with E-state index in [2.05, 4.69) is 4.72 Å². The van der Waals surface area contributed by atoms with Gasteiger partial charge >= 0.3 is 0 Å². The van der Waals surface area contributed by atoms with Gasteiger partial charge in [0.15, 0.2) is 0 Å². The second kappa shape index (κ2) is 3.77. The number of rotatable bonds is 3. The van der Waals surface area contributed by atoms with Gasteiger partial charge in [-0.1, -0.05) is 12.1 Å². The zero-order valence-electron chi connectivity index (χ0n) is 7.61. The number of sulfonamides is 1. The molecular formula is C8H11N3O2S. The first-order chi connectivity index (χ1) is 6.47. The normalized spacial score (nSPS) is 11.2. The van der Waals surface area contributed by atoms with Crippen molar-refractivity contribution >= 4 is 15.9 Å². The summed E-state index contributed by atoms with van der Waals surface area (Å²) in [6.45, 7) is 0. The highest BCUT2D eigenvalue weighted by Gasteiger charge is 2.11. The molecule has 0 radical (unpaired) electrons. The van der Waals surface area contributed by atoms with E-state index in [1.807, 2.05) is 0 Å². The number of amidine groups is 1. The van der Waals surface area contributed by atoms with Crippen LogP contribution in [0.4, 0.5) is 0 Å². The van der Waals surface area contributed by atoms with Crippen LogP contribution in [0.2, 0.25) is 0 Å². The van der Waals surface area contributed by atoms with Gasteiger partial charge in [0.1, 0.15) is 5.84 Å². The van der Waals surface area contributed by atoms with Crippen molar-refractivity contribution in [3.05, 3.63) is 29.8 Å². The molecule has 0 fully saturated rings. The lowest BCUT2D eigenvalue weighted by atomic mass is 10.2. The van der Waals surface area contributed by atoms with Crippen LogP contribution in [0, 0.1) is 5.41 Å². The molecule has 6 heteroatoms. The smallest absolute Gasteiger partial charge is 0.240 e. The second-order valence-corrected chi connectivity index (χ2v) is 4.54. The fourth-order valence-electron chi connectivity index (χ4n) is 0.949. The standard InChI is InChI=1S/C8H11N3O2S/c1-11-14(12,13)7-4-2-3-6(5-7)8(9)10/h2-5,11H,1H3,(H3,9,10). The SMILES string of the molecule is CNS(=O)(=O)c1cccc(C(=N)N)c1. The van der Waals surface area contributed by atoms with Gasteiger partial charge in [0.2, 0.25) is 10.0 Å². The van der Waals surface area contributed by atoms with Crippen LogP contribution in [0.5, 0.6) is 0 Å². The third-order valence-corrected chi connectivity index (χ3v) is 3.14. The highest BCUT2D eigenvalue weighted by atomic mass is 32.2. The molecule has 0 unspecified atom stereocenters. The number of benzene rings is 1. The van der Waals surface area contributed by atoms with Gasteiger partial charge in [-0.3, -0.25) is 5.41 Å². The molecule has 0 aromatic heterocycles. The molecule has 0 heterocycles. The lowest BCUT2D eigenvalue weighted by Crippen LogP contribution is -2.19. The molecule has 0 atom stereocenters. The minimum absolute atomic E-state index is 0.104. The summed E-state index contributed by atoms with van der Waals surface area (Å²) in [5.41, 5.74) is 5.63. The van der Waals surface area contributed by atoms with Crippen LogP contribution in [0.25, 0.3) is 0 Å². The summed E-state index contributed by atoms with van der Waals surface area (Å²) in [4.78, 5) is 0.104. The average molecular weight is 213 g/mol. The molecule has 0 aliphatic carbocycles. The van der Waals surface area contributed by atoms with E-state index in [9.17, 15) is 8.42 Å². The predicted octanol–water partition coefficient (Wildman–Crippen LogP) is -0.121. The second-order valence-electron chi connectivity index (χ2n) is 2.65. The van der Waals surface area contributed by atoms with Gasteiger partial charge in [0, 0.05) is 5.56 Å². The Morgan fingerprint density at radius 2 is 2.14 bits per heavy atom. The van der Waals surface area contributed by atoms with Crippen LogP contribution in [0.3, 0.4) is 0 Å². The Morgan fingerprint density at radius 1 is 1.50 bits per heavy atom. The van der Waals surface area contributed by atoms with E-state index in [0.29, 0.717) is 5.56 Å². The van der Waals surface area contributed by atoms with Gasteiger partial charge in [-0.25, -0.2) is 13.1 Å². The molecule has 0 spiro atoms. The van der Waals surface area contributed by atoms with Gasteiger partial charge in [0.05, 0.1) is 4.90 Å². The summed E-state index contributed by atoms with van der Waals surface area (Å²) < 4.78 is 24.9. The van der Waals surface area contributed by atoms with Crippen LogP contribution in [-0.4, -0.2) is 21.3 Å². The summed E-state index contributed by atoms with van der Waals surface area (Å²) in [5, 5.41) is 7.16. The van der Waals surface area contributed by atoms with Gasteiger partial charge in [-0.15, -0.1) is 0 Å². The molecular weight excluding hydrogens is 202 g/mol. The molecule has 4 N–H and O–H groups in total. The van der Waals surface area contributed by atoms with E-state index in [1.54, 1.807) is 12.1 Å². The van der Waals surface area contributed by atoms with Crippen molar-refractivity contribution in [2.24, 2.45) is 5.73 Å². The average Bonchev–Trinajstić information content (AvgIpc) is 2.18. The maximum Gasteiger partial charge on any atom is 0.240 e. The Balaban J connectivity index is 3.26. The van der Waals surface area contributed by atoms with Crippen molar-refractivity contribution < 1.29 is 8.42 Å². The molecule has 0 bridgehead atoms. The monoisotopic (exact) mass is 213 g/mol. The summed E-state index contributed by atoms with van der Waals surface area (Å²) in [6, 6.07) is 5.92. The number of hydrogen-bond donors (Lipinski definition) is 3. The van der Waals surface area contributed by atoms with Crippen LogP contribution in [-0.2, 0) is 10.0 Å². The Morgan fingerprint density at radius 3 is 2.64 bits per heavy atom. The van der Waals surface area contributed by atoms with Crippen LogP contribution >= 0.6 is 0 Å². The number of nitrogens with one attached hydrogen (secondary N) is 2. The van der Waals surface area contributed by atoms with Gasteiger partial charge in [-0.05, 0) is 19.2 Å². The quantitative estimate of drug-likeness (QED) is 0.482. The summed E-state index contributed by atoms with van der Waals surface area (Å²) in [6.07, 6.45) is 0. The topological polar surface area (TPSA) is 96.0 Å². The van der Waals surface area contributed by atoms with Crippen molar-refractivity contribution in [1.29, 1.82) is 5.41 Å². The maximum absolute atomic E-state index is 11.4. The van der Waals surface area contributed by atoms with Gasteiger partial charge in [-0.2, -0.15) is 0 Å². The van der Waals surface area contributed by atoms with E-state index in [4.69, 9.17) is 11.1 Å². The summed E-state index contributed by atoms with van der Waals surface area (Å²) in [5.74, 6) is -0.154. The van der Waals surface area contributed by atoms with E-state index in [-0.39, 0.29) is 10.7 Å². The maximum atomic E-state index is 11.4. The van der Waals surface area contributed by atoms with Gasteiger partial charge < -0.3 is 5.73 Å². The van der Waals surface area contributed by atoms with Crippen molar-refractivity contribution in [1.82, 2.24) is 4.72 Å². The van der Waals surface area contributed by atoms with E-state index < -0.39 is 10.0 Å². The fourth-order valence-corrected chi connectivity index (χ4v) is 1.72. The van der Waals surface area contributed by atoms with E-state index >= 15 is 0 Å². The Hall–Kier alpha value is -1.40. The van der Waals surface area contributed by atoms with Crippen molar-refractivity contribution in [2.45, 2.75) is 4.90 Å². The van der Waals surface area contributed by atoms with Crippen LogP contribution in [0.15, 0.2) is 29.2 Å². The number of nitrogen functional groups attached to an aromatic ring is 1. The zero-order chi connectivity index (χ0) is 10.8. The lowest BCUT2D eigenvalue weighted by molar-refractivity contribution is 0.588. The van der Waals surface area contributed by atoms with Crippen LogP contribution in [0.1, 0.15) is 5.56 Å². The Labute approximate surface area is 82.5 Å². The predicted molar refractivity (Wildman–Crippen MR) is 53.7 cm³/mol. The minimum Gasteiger partial charge on any atom is -0.384 e. The highest BCUT2D eigenvalue weighted by molar-refractivity contribution is 7.89. The number of hydrogen-bond acceptors (Lipinski definition) is 3. The largest absolute Gasteiger partial charge is 0.384 e. The molecule has 76 valence electrons. The first kappa shape index (κ1) is 10.7. The lowest BCUT2D eigenvalue weighted by Gasteiger charge is -2.03. The third-order valence-electron chi connectivity index (χ3n) is 1.72. The molecule has 0 amide bonds. The molecule has 0 aliphatic heterocycles. The van der Waals surface area contributed by atoms with Crippen molar-refractivity contribution in [2.75, 3.05) is 7.05 Å². The first-order valence-corrected chi connectivity index (χ1v) is 5.33. The van der Waals surface area contributed by atoms with Gasteiger partial charge in [0.25, 0.3) is 0 Å². The number of nitrogens with two attached hydrogens (primary N) is 1. The summed E-state index contributed by atoms with van der Waals surface area (Å²) in [7, 11) is -2.13. The molecule has 1 aromatic rings. The van der Waals surface area contributed by atoms with Crippen molar-refractivity contribution in [3.63, 3.8) is 0 Å². The van der Waals surface area contributed by atoms with E-state index in [1.165, 1.54) is 19.2 Å². The molecule has 1 rings (SSSR count). The molecule has 0 aliphatic rings. The molecule has 0 saturated carbocycles. The molecule has 0 saturated heterocycles. The zero-order valence-corrected chi connectivity index (χ0v) is 8.43. The minimum atomic E-state index is -3.46.